The lowest BCUT2D eigenvalue weighted by molar-refractivity contribution is 0.101. The largest absolute Gasteiger partial charge is 0.497 e. The van der Waals surface area contributed by atoms with Crippen molar-refractivity contribution in [1.82, 2.24) is 10.2 Å². The molecule has 1 heterocycles. The van der Waals surface area contributed by atoms with Gasteiger partial charge in [-0.15, -0.1) is 10.2 Å². The summed E-state index contributed by atoms with van der Waals surface area (Å²) in [5, 5.41) is 11.9. The molecule has 0 radical (unpaired) electrons. The van der Waals surface area contributed by atoms with E-state index in [2.05, 4.69) is 15.5 Å². The number of ether oxygens (including phenoxy) is 3. The van der Waals surface area contributed by atoms with Gasteiger partial charge in [-0.1, -0.05) is 23.1 Å². The number of rotatable bonds is 10. The summed E-state index contributed by atoms with van der Waals surface area (Å²) >= 11 is 2.75. The van der Waals surface area contributed by atoms with E-state index < -0.39 is 0 Å². The fourth-order valence-electron chi connectivity index (χ4n) is 1.84. The van der Waals surface area contributed by atoms with Crippen LogP contribution in [0.3, 0.4) is 0 Å². The minimum Gasteiger partial charge on any atom is -0.497 e. The first-order valence-corrected chi connectivity index (χ1v) is 8.92. The number of carbonyl (C=O) groups is 1. The topological polar surface area (TPSA) is 82.6 Å². The van der Waals surface area contributed by atoms with Crippen molar-refractivity contribution in [3.8, 4) is 11.5 Å². The predicted molar refractivity (Wildman–Crippen MR) is 94.9 cm³/mol. The molecule has 2 aromatic rings. The number of methoxy groups -OCH3 is 3. The number of hydrogen-bond acceptors (Lipinski definition) is 9. The minimum atomic E-state index is -0.0557. The van der Waals surface area contributed by atoms with Crippen molar-refractivity contribution in [1.29, 1.82) is 0 Å². The van der Waals surface area contributed by atoms with Crippen LogP contribution in [-0.4, -0.2) is 56.2 Å². The summed E-state index contributed by atoms with van der Waals surface area (Å²) in [6, 6.07) is 5.16. The molecule has 24 heavy (non-hydrogen) atoms. The fourth-order valence-corrected chi connectivity index (χ4v) is 3.50. The van der Waals surface area contributed by atoms with E-state index in [0.717, 1.165) is 4.34 Å². The van der Waals surface area contributed by atoms with Gasteiger partial charge in [-0.25, -0.2) is 0 Å². The van der Waals surface area contributed by atoms with Crippen molar-refractivity contribution in [3.05, 3.63) is 23.8 Å². The lowest BCUT2D eigenvalue weighted by Crippen LogP contribution is -2.06. The maximum absolute atomic E-state index is 12.5. The molecule has 9 heteroatoms. The third kappa shape index (κ3) is 5.08. The van der Waals surface area contributed by atoms with E-state index in [-0.39, 0.29) is 11.5 Å². The fraction of sp³-hybridized carbons (Fsp3) is 0.400. The van der Waals surface area contributed by atoms with Gasteiger partial charge in [-0.3, -0.25) is 4.79 Å². The van der Waals surface area contributed by atoms with Gasteiger partial charge in [0.15, 0.2) is 10.1 Å². The van der Waals surface area contributed by atoms with Gasteiger partial charge >= 0.3 is 0 Å². The van der Waals surface area contributed by atoms with Crippen molar-refractivity contribution in [2.75, 3.05) is 45.6 Å². The number of aromatic nitrogens is 2. The van der Waals surface area contributed by atoms with E-state index in [4.69, 9.17) is 14.2 Å². The van der Waals surface area contributed by atoms with Crippen LogP contribution in [0.4, 0.5) is 5.13 Å². The van der Waals surface area contributed by atoms with Crippen molar-refractivity contribution in [3.63, 3.8) is 0 Å². The Morgan fingerprint density at radius 3 is 2.79 bits per heavy atom. The molecule has 7 nitrogen and oxygen atoms in total. The number of thioether (sulfide) groups is 1. The third-order valence-electron chi connectivity index (χ3n) is 3.02. The molecule has 0 saturated carbocycles. The number of nitrogens with one attached hydrogen (secondary N) is 1. The molecule has 0 atom stereocenters. The van der Waals surface area contributed by atoms with E-state index in [0.29, 0.717) is 35.3 Å². The summed E-state index contributed by atoms with van der Waals surface area (Å²) in [6.07, 6.45) is 0. The lowest BCUT2D eigenvalue weighted by atomic mass is 10.1. The average Bonchev–Trinajstić information content (AvgIpc) is 3.07. The Labute approximate surface area is 148 Å². The maximum Gasteiger partial charge on any atom is 0.206 e. The summed E-state index contributed by atoms with van der Waals surface area (Å²) < 4.78 is 16.1. The Morgan fingerprint density at radius 1 is 1.25 bits per heavy atom. The highest BCUT2D eigenvalue weighted by molar-refractivity contribution is 8.01. The molecule has 2 rings (SSSR count). The van der Waals surface area contributed by atoms with E-state index in [1.807, 2.05) is 0 Å². The van der Waals surface area contributed by atoms with E-state index in [1.54, 1.807) is 32.4 Å². The second kappa shape index (κ2) is 9.45. The average molecular weight is 369 g/mol. The van der Waals surface area contributed by atoms with E-state index in [1.165, 1.54) is 30.2 Å². The van der Waals surface area contributed by atoms with Gasteiger partial charge in [0.25, 0.3) is 0 Å². The number of nitrogens with zero attached hydrogens (tertiary/aromatic N) is 2. The zero-order valence-electron chi connectivity index (χ0n) is 13.7. The van der Waals surface area contributed by atoms with Crippen molar-refractivity contribution < 1.29 is 19.0 Å². The first-order valence-electron chi connectivity index (χ1n) is 7.12. The Morgan fingerprint density at radius 2 is 2.08 bits per heavy atom. The molecule has 0 fully saturated rings. The highest BCUT2D eigenvalue weighted by Gasteiger charge is 2.15. The Kier molecular flexibility index (Phi) is 7.29. The van der Waals surface area contributed by atoms with Crippen LogP contribution in [0.5, 0.6) is 11.5 Å². The molecule has 0 saturated heterocycles. The molecule has 1 aromatic heterocycles. The highest BCUT2D eigenvalue weighted by atomic mass is 32.2. The Balaban J connectivity index is 1.95. The summed E-state index contributed by atoms with van der Waals surface area (Å²) in [6.45, 7) is 1.26. The molecule has 1 aromatic carbocycles. The number of carbonyl (C=O) groups excluding carboxylic acids is 1. The molecule has 0 aliphatic carbocycles. The summed E-state index contributed by atoms with van der Waals surface area (Å²) in [5.74, 6) is 1.33. The number of benzene rings is 1. The zero-order chi connectivity index (χ0) is 17.4. The smallest absolute Gasteiger partial charge is 0.206 e. The molecule has 0 bridgehead atoms. The standard InChI is InChI=1S/C15H19N3O4S2/c1-20-7-6-16-14-17-18-15(24-14)23-9-12(19)11-8-10(21-2)4-5-13(11)22-3/h4-5,8H,6-7,9H2,1-3H3,(H,16,17). The van der Waals surface area contributed by atoms with E-state index in [9.17, 15) is 4.79 Å². The summed E-state index contributed by atoms with van der Waals surface area (Å²) in [5.41, 5.74) is 0.493. The molecular formula is C15H19N3O4S2. The third-order valence-corrected chi connectivity index (χ3v) is 5.04. The van der Waals surface area contributed by atoms with Crippen LogP contribution >= 0.6 is 23.1 Å². The Hall–Kier alpha value is -1.84. The number of Topliss-reactive ketones (excluding diaryl/α,β-unsaturated/α-hetero) is 1. The second-order valence-electron chi connectivity index (χ2n) is 4.57. The predicted octanol–water partition coefficient (Wildman–Crippen LogP) is 2.59. The van der Waals surface area contributed by atoms with Crippen LogP contribution in [0.25, 0.3) is 0 Å². The van der Waals surface area contributed by atoms with Gasteiger partial charge in [0.2, 0.25) is 5.13 Å². The molecule has 0 unspecified atom stereocenters. The van der Waals surface area contributed by atoms with Gasteiger partial charge in [-0.05, 0) is 18.2 Å². The number of hydrogen-bond donors (Lipinski definition) is 1. The van der Waals surface area contributed by atoms with Gasteiger partial charge in [0.05, 0.1) is 32.1 Å². The van der Waals surface area contributed by atoms with Gasteiger partial charge in [0.1, 0.15) is 11.5 Å². The normalized spacial score (nSPS) is 10.5. The van der Waals surface area contributed by atoms with Crippen LogP contribution < -0.4 is 14.8 Å². The lowest BCUT2D eigenvalue weighted by Gasteiger charge is -2.09. The first-order chi connectivity index (χ1) is 11.7. The molecule has 0 aliphatic rings. The van der Waals surface area contributed by atoms with Crippen LogP contribution in [0.1, 0.15) is 10.4 Å². The zero-order valence-corrected chi connectivity index (χ0v) is 15.3. The van der Waals surface area contributed by atoms with Crippen molar-refractivity contribution in [2.24, 2.45) is 0 Å². The quantitative estimate of drug-likeness (QED) is 0.389. The second-order valence-corrected chi connectivity index (χ2v) is 6.77. The maximum atomic E-state index is 12.5. The van der Waals surface area contributed by atoms with Crippen LogP contribution in [0.2, 0.25) is 0 Å². The molecule has 0 amide bonds. The number of anilines is 1. The van der Waals surface area contributed by atoms with Crippen LogP contribution in [0.15, 0.2) is 22.5 Å². The molecule has 130 valence electrons. The van der Waals surface area contributed by atoms with Crippen molar-refractivity contribution >= 4 is 34.0 Å². The van der Waals surface area contributed by atoms with Gasteiger partial charge in [0, 0.05) is 13.7 Å². The van der Waals surface area contributed by atoms with Crippen LogP contribution in [0, 0.1) is 0 Å². The van der Waals surface area contributed by atoms with Crippen LogP contribution in [-0.2, 0) is 4.74 Å². The molecule has 1 N–H and O–H groups in total. The first kappa shape index (κ1) is 18.5. The monoisotopic (exact) mass is 369 g/mol. The van der Waals surface area contributed by atoms with E-state index >= 15 is 0 Å². The molecule has 0 aliphatic heterocycles. The SMILES string of the molecule is COCCNc1nnc(SCC(=O)c2cc(OC)ccc2OC)s1. The molecular weight excluding hydrogens is 350 g/mol. The summed E-state index contributed by atoms with van der Waals surface area (Å²) in [7, 11) is 4.74. The minimum absolute atomic E-state index is 0.0557. The van der Waals surface area contributed by atoms with Gasteiger partial charge < -0.3 is 19.5 Å². The molecule has 0 spiro atoms. The summed E-state index contributed by atoms with van der Waals surface area (Å²) in [4.78, 5) is 12.5. The van der Waals surface area contributed by atoms with Gasteiger partial charge in [-0.2, -0.15) is 0 Å². The van der Waals surface area contributed by atoms with Crippen molar-refractivity contribution in [2.45, 2.75) is 4.34 Å². The highest BCUT2D eigenvalue weighted by Crippen LogP contribution is 2.29. The number of ketones is 1. The Bertz CT molecular complexity index is 678.